The normalized spacial score (nSPS) is 23.3. The predicted octanol–water partition coefficient (Wildman–Crippen LogP) is 2.65. The van der Waals surface area contributed by atoms with Gasteiger partial charge in [-0.3, -0.25) is 0 Å². The van der Waals surface area contributed by atoms with Gasteiger partial charge in [-0.15, -0.1) is 0 Å². The van der Waals surface area contributed by atoms with Crippen LogP contribution in [0.5, 0.6) is 0 Å². The lowest BCUT2D eigenvalue weighted by molar-refractivity contribution is 0.102. The minimum atomic E-state index is 0.392. The van der Waals surface area contributed by atoms with E-state index in [9.17, 15) is 0 Å². The van der Waals surface area contributed by atoms with E-state index in [1.807, 2.05) is 13.8 Å². The fourth-order valence-electron chi connectivity index (χ4n) is 0.864. The molecule has 0 aromatic rings. The highest BCUT2D eigenvalue weighted by Crippen LogP contribution is 2.12. The zero-order valence-electron chi connectivity index (χ0n) is 12.4. The molecule has 4 nitrogen and oxygen atoms in total. The van der Waals surface area contributed by atoms with Crippen molar-refractivity contribution in [1.82, 2.24) is 0 Å². The van der Waals surface area contributed by atoms with E-state index in [2.05, 4.69) is 13.8 Å². The first-order chi connectivity index (χ1) is 8.78. The third-order valence-electron chi connectivity index (χ3n) is 2.32. The molecule has 2 aliphatic rings. The van der Waals surface area contributed by atoms with Crippen molar-refractivity contribution >= 4 is 0 Å². The molecule has 0 bridgehead atoms. The van der Waals surface area contributed by atoms with Gasteiger partial charge >= 0.3 is 0 Å². The van der Waals surface area contributed by atoms with E-state index in [4.69, 9.17) is 18.9 Å². The molecule has 2 unspecified atom stereocenters. The summed E-state index contributed by atoms with van der Waals surface area (Å²) in [5, 5.41) is 0. The van der Waals surface area contributed by atoms with Crippen LogP contribution in [-0.4, -0.2) is 51.8 Å². The van der Waals surface area contributed by atoms with Crippen LogP contribution in [0.1, 0.15) is 40.5 Å². The molecule has 0 radical (unpaired) electrons. The van der Waals surface area contributed by atoms with E-state index in [-0.39, 0.29) is 0 Å². The molecule has 110 valence electrons. The summed E-state index contributed by atoms with van der Waals surface area (Å²) in [5.41, 5.74) is 0. The third kappa shape index (κ3) is 15.8. The molecule has 2 rings (SSSR count). The molecular formula is C14H30O4. The van der Waals surface area contributed by atoms with Gasteiger partial charge in [-0.25, -0.2) is 0 Å². The van der Waals surface area contributed by atoms with Gasteiger partial charge in [0.25, 0.3) is 0 Å². The van der Waals surface area contributed by atoms with Crippen molar-refractivity contribution < 1.29 is 18.9 Å². The van der Waals surface area contributed by atoms with Gasteiger partial charge in [0.05, 0.1) is 26.4 Å². The Morgan fingerprint density at radius 3 is 1.33 bits per heavy atom. The van der Waals surface area contributed by atoms with Crippen LogP contribution in [0.2, 0.25) is 0 Å². The smallest absolute Gasteiger partial charge is 0.104 e. The van der Waals surface area contributed by atoms with Crippen molar-refractivity contribution in [2.24, 2.45) is 0 Å². The number of hydrogen-bond donors (Lipinski definition) is 0. The van der Waals surface area contributed by atoms with Gasteiger partial charge in [-0.05, 0) is 13.8 Å². The summed E-state index contributed by atoms with van der Waals surface area (Å²) in [6, 6.07) is 0. The Morgan fingerprint density at radius 1 is 0.778 bits per heavy atom. The van der Waals surface area contributed by atoms with E-state index in [1.54, 1.807) is 0 Å². The van der Waals surface area contributed by atoms with E-state index in [1.165, 1.54) is 12.8 Å². The van der Waals surface area contributed by atoms with Crippen LogP contribution in [0, 0.1) is 0 Å². The molecule has 0 aromatic carbocycles. The number of epoxide rings is 2. The molecule has 0 spiro atoms. The molecule has 0 N–H and O–H groups in total. The molecule has 18 heavy (non-hydrogen) atoms. The lowest BCUT2D eigenvalue weighted by Crippen LogP contribution is -2.06. The van der Waals surface area contributed by atoms with Crippen LogP contribution >= 0.6 is 0 Å². The molecule has 2 aliphatic heterocycles. The van der Waals surface area contributed by atoms with Crippen LogP contribution in [0.25, 0.3) is 0 Å². The molecule has 0 amide bonds. The van der Waals surface area contributed by atoms with Crippen LogP contribution in [0.3, 0.4) is 0 Å². The molecule has 2 fully saturated rings. The minimum Gasteiger partial charge on any atom is -0.382 e. The Kier molecular flexibility index (Phi) is 13.2. The van der Waals surface area contributed by atoms with Gasteiger partial charge < -0.3 is 18.9 Å². The van der Waals surface area contributed by atoms with E-state index < -0.39 is 0 Å². The summed E-state index contributed by atoms with van der Waals surface area (Å²) < 4.78 is 20.0. The van der Waals surface area contributed by atoms with Crippen LogP contribution in [-0.2, 0) is 18.9 Å². The van der Waals surface area contributed by atoms with E-state index in [0.29, 0.717) is 12.2 Å². The second-order valence-electron chi connectivity index (χ2n) is 4.23. The first-order valence-corrected chi connectivity index (χ1v) is 7.16. The first kappa shape index (κ1) is 17.8. The van der Waals surface area contributed by atoms with Gasteiger partial charge in [-0.1, -0.05) is 26.7 Å². The standard InChI is InChI=1S/C6H10O3.C4H10O.C4H10/c1(5-3-8-5)7-2-6-4-9-6;1-3-5-4-2;1-3-4-2/h5-6H,1-4H2;3-4H2,1-2H3;3-4H2,1-2H3. The zero-order valence-corrected chi connectivity index (χ0v) is 12.4. The molecule has 2 heterocycles. The average Bonchev–Trinajstić information content (AvgIpc) is 3.26. The molecule has 4 heteroatoms. The summed E-state index contributed by atoms with van der Waals surface area (Å²) in [5.74, 6) is 0. The number of rotatable bonds is 7. The fraction of sp³-hybridized carbons (Fsp3) is 1.00. The topological polar surface area (TPSA) is 43.5 Å². The molecular weight excluding hydrogens is 232 g/mol. The number of hydrogen-bond acceptors (Lipinski definition) is 4. The van der Waals surface area contributed by atoms with Crippen molar-refractivity contribution in [1.29, 1.82) is 0 Å². The van der Waals surface area contributed by atoms with Crippen molar-refractivity contribution in [2.75, 3.05) is 39.6 Å². The SMILES string of the molecule is C(OCC1CO1)C1CO1.CCCC.CCOCC. The quantitative estimate of drug-likeness (QED) is 0.662. The number of ether oxygens (including phenoxy) is 4. The van der Waals surface area contributed by atoms with Crippen LogP contribution in [0.15, 0.2) is 0 Å². The summed E-state index contributed by atoms with van der Waals surface area (Å²) >= 11 is 0. The second kappa shape index (κ2) is 13.3. The lowest BCUT2D eigenvalue weighted by atomic mass is 10.4. The monoisotopic (exact) mass is 262 g/mol. The van der Waals surface area contributed by atoms with E-state index >= 15 is 0 Å². The Morgan fingerprint density at radius 2 is 1.17 bits per heavy atom. The minimum absolute atomic E-state index is 0.392. The summed E-state index contributed by atoms with van der Waals surface area (Å²) in [6.07, 6.45) is 3.42. The van der Waals surface area contributed by atoms with Crippen LogP contribution < -0.4 is 0 Å². The Balaban J connectivity index is 0.000000278. The molecule has 0 saturated carbocycles. The Bertz CT molecular complexity index is 140. The maximum absolute atomic E-state index is 5.23. The van der Waals surface area contributed by atoms with Crippen molar-refractivity contribution in [3.8, 4) is 0 Å². The average molecular weight is 262 g/mol. The Labute approximate surface area is 112 Å². The molecule has 0 aliphatic carbocycles. The highest BCUT2D eigenvalue weighted by molar-refractivity contribution is 4.71. The van der Waals surface area contributed by atoms with Gasteiger partial charge in [0.1, 0.15) is 12.2 Å². The van der Waals surface area contributed by atoms with Crippen LogP contribution in [0.4, 0.5) is 0 Å². The largest absolute Gasteiger partial charge is 0.382 e. The summed E-state index contributed by atoms with van der Waals surface area (Å²) in [7, 11) is 0. The van der Waals surface area contributed by atoms with Gasteiger partial charge in [-0.2, -0.15) is 0 Å². The summed E-state index contributed by atoms with van der Waals surface area (Å²) in [4.78, 5) is 0. The van der Waals surface area contributed by atoms with Crippen molar-refractivity contribution in [3.63, 3.8) is 0 Å². The van der Waals surface area contributed by atoms with Gasteiger partial charge in [0.2, 0.25) is 0 Å². The maximum Gasteiger partial charge on any atom is 0.104 e. The van der Waals surface area contributed by atoms with E-state index in [0.717, 1.165) is 39.6 Å². The molecule has 2 atom stereocenters. The van der Waals surface area contributed by atoms with Gasteiger partial charge in [0, 0.05) is 13.2 Å². The summed E-state index contributed by atoms with van der Waals surface area (Å²) in [6.45, 7) is 13.3. The highest BCUT2D eigenvalue weighted by Gasteiger charge is 2.26. The maximum atomic E-state index is 5.23. The second-order valence-corrected chi connectivity index (χ2v) is 4.23. The Hall–Kier alpha value is -0.160. The lowest BCUT2D eigenvalue weighted by Gasteiger charge is -1.95. The predicted molar refractivity (Wildman–Crippen MR) is 73.0 cm³/mol. The molecule has 2 saturated heterocycles. The van der Waals surface area contributed by atoms with Crippen molar-refractivity contribution in [2.45, 2.75) is 52.7 Å². The number of unbranched alkanes of at least 4 members (excludes halogenated alkanes) is 1. The zero-order chi connectivity index (χ0) is 13.6. The fourth-order valence-corrected chi connectivity index (χ4v) is 0.864. The van der Waals surface area contributed by atoms with Gasteiger partial charge in [0.15, 0.2) is 0 Å². The molecule has 0 aromatic heterocycles. The first-order valence-electron chi connectivity index (χ1n) is 7.16. The highest BCUT2D eigenvalue weighted by atomic mass is 16.6. The van der Waals surface area contributed by atoms with Crippen molar-refractivity contribution in [3.05, 3.63) is 0 Å². The third-order valence-corrected chi connectivity index (χ3v) is 2.32.